The average Bonchev–Trinajstić information content (AvgIpc) is 1.87. The van der Waals surface area contributed by atoms with Gasteiger partial charge in [0, 0.05) is 0 Å². The number of nitrogens with two attached hydrogens (primary N) is 1. The van der Waals surface area contributed by atoms with Crippen molar-refractivity contribution in [3.63, 3.8) is 0 Å². The zero-order chi connectivity index (χ0) is 7.28. The van der Waals surface area contributed by atoms with Gasteiger partial charge in [0.2, 0.25) is 12.2 Å². The molecular weight excluding hydrogens is 120 g/mol. The molecule has 1 atom stereocenters. The molecule has 0 rings (SSSR count). The van der Waals surface area contributed by atoms with E-state index in [1.807, 2.05) is 0 Å². The van der Waals surface area contributed by atoms with E-state index >= 15 is 0 Å². The number of hydrogen-bond acceptors (Lipinski definition) is 3. The second kappa shape index (κ2) is 4.03. The lowest BCUT2D eigenvalue weighted by Gasteiger charge is -2.02. The normalized spacial score (nSPS) is 12.2. The molecule has 4 heteroatoms. The molecule has 0 bridgehead atoms. The van der Waals surface area contributed by atoms with E-state index in [1.54, 1.807) is 6.29 Å². The first-order valence-electron chi connectivity index (χ1n) is 2.57. The monoisotopic (exact) mass is 129 g/mol. The van der Waals surface area contributed by atoms with Crippen LogP contribution in [0.5, 0.6) is 0 Å². The predicted molar refractivity (Wildman–Crippen MR) is 32.4 cm³/mol. The van der Waals surface area contributed by atoms with Crippen LogP contribution in [0.1, 0.15) is 6.92 Å². The summed E-state index contributed by atoms with van der Waals surface area (Å²) in [7, 11) is 0. The topological polar surface area (TPSA) is 72.2 Å². The molecule has 0 saturated heterocycles. The highest BCUT2D eigenvalue weighted by Gasteiger charge is 2.02. The lowest BCUT2D eigenvalue weighted by Crippen LogP contribution is -2.37. The standard InChI is InChI=1S/C5H9N2O2/c1-4(3-8)7-5(9)2-6/h4H,2,6H2,1H3,(H,7,9)/t4-/m1/s1. The van der Waals surface area contributed by atoms with Gasteiger partial charge in [0.05, 0.1) is 12.6 Å². The lowest BCUT2D eigenvalue weighted by molar-refractivity contribution is -0.119. The first-order chi connectivity index (χ1) is 4.20. The minimum atomic E-state index is -0.555. The Kier molecular flexibility index (Phi) is 3.62. The molecule has 0 saturated carbocycles. The van der Waals surface area contributed by atoms with Gasteiger partial charge in [0.25, 0.3) is 0 Å². The van der Waals surface area contributed by atoms with Crippen LogP contribution >= 0.6 is 0 Å². The van der Waals surface area contributed by atoms with E-state index in [1.165, 1.54) is 6.92 Å². The van der Waals surface area contributed by atoms with Gasteiger partial charge in [0.1, 0.15) is 0 Å². The number of nitrogens with one attached hydrogen (secondary N) is 1. The molecule has 1 radical (unpaired) electrons. The van der Waals surface area contributed by atoms with E-state index in [0.29, 0.717) is 0 Å². The number of carbonyl (C=O) groups excluding carboxylic acids is 2. The zero-order valence-corrected chi connectivity index (χ0v) is 5.18. The van der Waals surface area contributed by atoms with Crippen molar-refractivity contribution in [2.75, 3.05) is 6.54 Å². The lowest BCUT2D eigenvalue weighted by atomic mass is 10.4. The molecule has 0 aromatic rings. The highest BCUT2D eigenvalue weighted by Crippen LogP contribution is 1.71. The molecule has 3 N–H and O–H groups in total. The van der Waals surface area contributed by atoms with Crippen molar-refractivity contribution >= 4 is 12.2 Å². The van der Waals surface area contributed by atoms with Crippen molar-refractivity contribution in [3.8, 4) is 0 Å². The first kappa shape index (κ1) is 8.10. The SMILES string of the molecule is C[C@H]([C]=O)NC(=O)CN. The van der Waals surface area contributed by atoms with E-state index in [0.717, 1.165) is 0 Å². The molecule has 0 unspecified atom stereocenters. The van der Waals surface area contributed by atoms with Gasteiger partial charge < -0.3 is 11.1 Å². The molecule has 0 aliphatic heterocycles. The summed E-state index contributed by atoms with van der Waals surface area (Å²) in [4.78, 5) is 20.1. The molecule has 0 aliphatic carbocycles. The molecule has 9 heavy (non-hydrogen) atoms. The summed E-state index contributed by atoms with van der Waals surface area (Å²) in [6.07, 6.45) is 1.59. The minimum Gasteiger partial charge on any atom is -0.345 e. The van der Waals surface area contributed by atoms with E-state index in [4.69, 9.17) is 5.73 Å². The van der Waals surface area contributed by atoms with Gasteiger partial charge >= 0.3 is 0 Å². The van der Waals surface area contributed by atoms with Gasteiger partial charge in [-0.05, 0) is 6.92 Å². The van der Waals surface area contributed by atoms with Crippen molar-refractivity contribution < 1.29 is 9.59 Å². The van der Waals surface area contributed by atoms with Crippen molar-refractivity contribution in [2.45, 2.75) is 13.0 Å². The maximum absolute atomic E-state index is 10.4. The Morgan fingerprint density at radius 2 is 2.44 bits per heavy atom. The van der Waals surface area contributed by atoms with Crippen LogP contribution < -0.4 is 11.1 Å². The Hall–Kier alpha value is -0.900. The van der Waals surface area contributed by atoms with Gasteiger partial charge in [-0.3, -0.25) is 9.59 Å². The van der Waals surface area contributed by atoms with Crippen LogP contribution in [0.3, 0.4) is 0 Å². The largest absolute Gasteiger partial charge is 0.345 e. The first-order valence-corrected chi connectivity index (χ1v) is 2.57. The van der Waals surface area contributed by atoms with Gasteiger partial charge in [-0.1, -0.05) is 0 Å². The Labute approximate surface area is 53.4 Å². The second-order valence-electron chi connectivity index (χ2n) is 1.61. The molecule has 0 fully saturated rings. The fourth-order valence-electron chi connectivity index (χ4n) is 0.330. The summed E-state index contributed by atoms with van der Waals surface area (Å²) >= 11 is 0. The number of rotatable bonds is 3. The number of carbonyl (C=O) groups is 1. The molecule has 1 amide bonds. The summed E-state index contributed by atoms with van der Waals surface area (Å²) < 4.78 is 0. The third kappa shape index (κ3) is 3.66. The van der Waals surface area contributed by atoms with Gasteiger partial charge in [-0.25, -0.2) is 0 Å². The van der Waals surface area contributed by atoms with E-state index in [-0.39, 0.29) is 12.5 Å². The van der Waals surface area contributed by atoms with Crippen LogP contribution in [-0.4, -0.2) is 24.8 Å². The van der Waals surface area contributed by atoms with Crippen LogP contribution in [0.25, 0.3) is 0 Å². The summed E-state index contributed by atoms with van der Waals surface area (Å²) in [5.74, 6) is -0.342. The van der Waals surface area contributed by atoms with Crippen molar-refractivity contribution in [1.29, 1.82) is 0 Å². The molecule has 0 spiro atoms. The predicted octanol–water partition coefficient (Wildman–Crippen LogP) is -1.44. The van der Waals surface area contributed by atoms with Gasteiger partial charge in [0.15, 0.2) is 0 Å². The molecule has 51 valence electrons. The van der Waals surface area contributed by atoms with E-state index in [2.05, 4.69) is 5.32 Å². The summed E-state index contributed by atoms with van der Waals surface area (Å²) in [5, 5.41) is 2.29. The fourth-order valence-corrected chi connectivity index (χ4v) is 0.330. The molecular formula is C5H9N2O2. The molecule has 0 aromatic heterocycles. The summed E-state index contributed by atoms with van der Waals surface area (Å²) in [6.45, 7) is 1.44. The number of hydrogen-bond donors (Lipinski definition) is 2. The highest BCUT2D eigenvalue weighted by atomic mass is 16.2. The Bertz CT molecular complexity index is 114. The third-order valence-corrected chi connectivity index (χ3v) is 0.740. The fraction of sp³-hybridized carbons (Fsp3) is 0.600. The average molecular weight is 129 g/mol. The Morgan fingerprint density at radius 3 is 2.78 bits per heavy atom. The zero-order valence-electron chi connectivity index (χ0n) is 5.18. The Morgan fingerprint density at radius 1 is 1.89 bits per heavy atom. The summed E-state index contributed by atoms with van der Waals surface area (Å²) in [6, 6.07) is -0.555. The van der Waals surface area contributed by atoms with Gasteiger partial charge in [-0.2, -0.15) is 0 Å². The maximum atomic E-state index is 10.4. The van der Waals surface area contributed by atoms with Crippen molar-refractivity contribution in [1.82, 2.24) is 5.32 Å². The maximum Gasteiger partial charge on any atom is 0.234 e. The van der Waals surface area contributed by atoms with Crippen LogP contribution in [-0.2, 0) is 9.59 Å². The van der Waals surface area contributed by atoms with E-state index < -0.39 is 6.04 Å². The highest BCUT2D eigenvalue weighted by molar-refractivity contribution is 5.80. The van der Waals surface area contributed by atoms with E-state index in [9.17, 15) is 9.59 Å². The Balaban J connectivity index is 3.46. The summed E-state index contributed by atoms with van der Waals surface area (Å²) in [5.41, 5.74) is 4.93. The molecule has 0 aliphatic rings. The van der Waals surface area contributed by atoms with Crippen molar-refractivity contribution in [3.05, 3.63) is 0 Å². The quantitative estimate of drug-likeness (QED) is 0.490. The minimum absolute atomic E-state index is 0.0913. The van der Waals surface area contributed by atoms with Gasteiger partial charge in [-0.15, -0.1) is 0 Å². The van der Waals surface area contributed by atoms with Crippen LogP contribution in [0.15, 0.2) is 0 Å². The molecule has 0 heterocycles. The van der Waals surface area contributed by atoms with Crippen LogP contribution in [0.4, 0.5) is 0 Å². The van der Waals surface area contributed by atoms with Crippen LogP contribution in [0, 0.1) is 0 Å². The second-order valence-corrected chi connectivity index (χ2v) is 1.61. The van der Waals surface area contributed by atoms with Crippen molar-refractivity contribution in [2.24, 2.45) is 5.73 Å². The molecule has 0 aromatic carbocycles. The van der Waals surface area contributed by atoms with Crippen LogP contribution in [0.2, 0.25) is 0 Å². The third-order valence-electron chi connectivity index (χ3n) is 0.740. The smallest absolute Gasteiger partial charge is 0.234 e. The number of amides is 1. The molecule has 4 nitrogen and oxygen atoms in total.